The van der Waals surface area contributed by atoms with E-state index in [-0.39, 0.29) is 33.0 Å². The minimum atomic E-state index is -0.955. The van der Waals surface area contributed by atoms with Crippen molar-refractivity contribution >= 4 is 46.3 Å². The largest absolute Gasteiger partial charge is 0.507 e. The lowest BCUT2D eigenvalue weighted by atomic mass is 9.95. The Bertz CT molecular complexity index is 1380. The highest BCUT2D eigenvalue weighted by Gasteiger charge is 2.47. The van der Waals surface area contributed by atoms with Gasteiger partial charge in [0.1, 0.15) is 17.3 Å². The molecule has 3 aromatic rings. The van der Waals surface area contributed by atoms with Crippen molar-refractivity contribution in [2.75, 3.05) is 18.6 Å². The Hall–Kier alpha value is -3.68. The standard InChI is InChI=1S/C29H27Cl2NO6/c1-5-37-20-11-9-19(10-12-20)32-25(17-7-6-8-21(13-17)38-16(2)3)24(27(34)29(32)35)26(33)18-14-22(30)28(36-4)23(31)15-18/h6-16,25,33H,5H2,1-4H3/b26-24+. The van der Waals surface area contributed by atoms with Gasteiger partial charge < -0.3 is 19.3 Å². The van der Waals surface area contributed by atoms with Crippen LogP contribution in [0.1, 0.15) is 37.9 Å². The zero-order valence-corrected chi connectivity index (χ0v) is 22.8. The second-order valence-corrected chi connectivity index (χ2v) is 9.62. The Morgan fingerprint density at radius 1 is 1.00 bits per heavy atom. The number of aliphatic hydroxyl groups is 1. The maximum atomic E-state index is 13.5. The van der Waals surface area contributed by atoms with Crippen molar-refractivity contribution in [3.05, 3.63) is 87.4 Å². The van der Waals surface area contributed by atoms with E-state index in [2.05, 4.69) is 0 Å². The summed E-state index contributed by atoms with van der Waals surface area (Å²) in [4.78, 5) is 28.2. The number of anilines is 1. The van der Waals surface area contributed by atoms with Crippen LogP contribution in [-0.4, -0.2) is 36.6 Å². The van der Waals surface area contributed by atoms with E-state index in [0.717, 1.165) is 0 Å². The molecule has 0 bridgehead atoms. The van der Waals surface area contributed by atoms with Crippen molar-refractivity contribution in [2.45, 2.75) is 32.9 Å². The third-order valence-corrected chi connectivity index (χ3v) is 6.45. The molecule has 198 valence electrons. The summed E-state index contributed by atoms with van der Waals surface area (Å²) < 4.78 is 16.6. The number of hydrogen-bond donors (Lipinski definition) is 1. The maximum Gasteiger partial charge on any atom is 0.300 e. The first-order valence-corrected chi connectivity index (χ1v) is 12.8. The van der Waals surface area contributed by atoms with Gasteiger partial charge in [-0.15, -0.1) is 0 Å². The van der Waals surface area contributed by atoms with E-state index in [1.165, 1.54) is 24.1 Å². The van der Waals surface area contributed by atoms with Crippen molar-refractivity contribution in [1.29, 1.82) is 0 Å². The van der Waals surface area contributed by atoms with Crippen LogP contribution >= 0.6 is 23.2 Å². The SMILES string of the molecule is CCOc1ccc(N2C(=O)C(=O)/C(=C(/O)c3cc(Cl)c(OC)c(Cl)c3)C2c2cccc(OC(C)C)c2)cc1. The van der Waals surface area contributed by atoms with Gasteiger partial charge in [-0.3, -0.25) is 14.5 Å². The first kappa shape index (κ1) is 27.4. The number of ketones is 1. The third kappa shape index (κ3) is 5.30. The van der Waals surface area contributed by atoms with Crippen molar-refractivity contribution in [2.24, 2.45) is 0 Å². The first-order valence-electron chi connectivity index (χ1n) is 12.0. The van der Waals surface area contributed by atoms with Gasteiger partial charge in [-0.1, -0.05) is 35.3 Å². The minimum Gasteiger partial charge on any atom is -0.507 e. The molecule has 0 aliphatic carbocycles. The van der Waals surface area contributed by atoms with Crippen LogP contribution in [0, 0.1) is 0 Å². The van der Waals surface area contributed by atoms with E-state index in [4.69, 9.17) is 37.4 Å². The fraction of sp³-hybridized carbons (Fsp3) is 0.241. The third-order valence-electron chi connectivity index (χ3n) is 5.89. The lowest BCUT2D eigenvalue weighted by Gasteiger charge is -2.26. The van der Waals surface area contributed by atoms with Crippen molar-refractivity contribution < 1.29 is 28.9 Å². The van der Waals surface area contributed by atoms with Crippen LogP contribution in [0.15, 0.2) is 66.2 Å². The van der Waals surface area contributed by atoms with E-state index >= 15 is 0 Å². The lowest BCUT2D eigenvalue weighted by molar-refractivity contribution is -0.132. The van der Waals surface area contributed by atoms with Crippen LogP contribution in [0.5, 0.6) is 17.2 Å². The van der Waals surface area contributed by atoms with Gasteiger partial charge >= 0.3 is 0 Å². The maximum absolute atomic E-state index is 13.5. The number of hydrogen-bond acceptors (Lipinski definition) is 6. The molecule has 1 amide bonds. The number of amides is 1. The number of aliphatic hydroxyl groups excluding tert-OH is 1. The van der Waals surface area contributed by atoms with Crippen LogP contribution in [0.2, 0.25) is 10.0 Å². The second-order valence-electron chi connectivity index (χ2n) is 8.81. The summed E-state index contributed by atoms with van der Waals surface area (Å²) in [5.41, 5.74) is 1.09. The summed E-state index contributed by atoms with van der Waals surface area (Å²) in [6.07, 6.45) is -0.0914. The highest BCUT2D eigenvalue weighted by molar-refractivity contribution is 6.51. The molecule has 1 heterocycles. The zero-order valence-electron chi connectivity index (χ0n) is 21.3. The van der Waals surface area contributed by atoms with Crippen LogP contribution < -0.4 is 19.1 Å². The molecule has 7 nitrogen and oxygen atoms in total. The van der Waals surface area contributed by atoms with E-state index in [1.807, 2.05) is 20.8 Å². The number of benzene rings is 3. The Morgan fingerprint density at radius 3 is 2.24 bits per heavy atom. The van der Waals surface area contributed by atoms with Gasteiger partial charge in [0.2, 0.25) is 0 Å². The fourth-order valence-electron chi connectivity index (χ4n) is 4.36. The molecule has 4 rings (SSSR count). The van der Waals surface area contributed by atoms with Crippen LogP contribution in [0.3, 0.4) is 0 Å². The number of rotatable bonds is 8. The molecule has 0 saturated carbocycles. The monoisotopic (exact) mass is 555 g/mol. The van der Waals surface area contributed by atoms with Gasteiger partial charge in [-0.25, -0.2) is 0 Å². The number of methoxy groups -OCH3 is 1. The van der Waals surface area contributed by atoms with Crippen molar-refractivity contribution in [3.8, 4) is 17.2 Å². The number of Topliss-reactive ketones (excluding diaryl/α,β-unsaturated/α-hetero) is 1. The first-order chi connectivity index (χ1) is 18.2. The predicted octanol–water partition coefficient (Wildman–Crippen LogP) is 6.81. The Labute approximate surface area is 231 Å². The Morgan fingerprint density at radius 2 is 1.66 bits per heavy atom. The van der Waals surface area contributed by atoms with Gasteiger partial charge in [0.05, 0.1) is 41.5 Å². The highest BCUT2D eigenvalue weighted by atomic mass is 35.5. The zero-order chi connectivity index (χ0) is 27.6. The molecular formula is C29H27Cl2NO6. The van der Waals surface area contributed by atoms with Crippen LogP contribution in [0.25, 0.3) is 5.76 Å². The minimum absolute atomic E-state index is 0.0914. The molecule has 1 unspecified atom stereocenters. The molecular weight excluding hydrogens is 529 g/mol. The molecule has 0 aromatic heterocycles. The molecule has 1 saturated heterocycles. The average Bonchev–Trinajstić information content (AvgIpc) is 3.14. The van der Waals surface area contributed by atoms with Gasteiger partial charge in [-0.05, 0) is 74.9 Å². The molecule has 38 heavy (non-hydrogen) atoms. The van der Waals surface area contributed by atoms with Gasteiger partial charge in [0.25, 0.3) is 11.7 Å². The van der Waals surface area contributed by atoms with Crippen molar-refractivity contribution in [3.63, 3.8) is 0 Å². The predicted molar refractivity (Wildman–Crippen MR) is 148 cm³/mol. The topological polar surface area (TPSA) is 85.3 Å². The van der Waals surface area contributed by atoms with Gasteiger partial charge in [-0.2, -0.15) is 0 Å². The number of ether oxygens (including phenoxy) is 3. The molecule has 0 spiro atoms. The molecule has 1 aliphatic rings. The summed E-state index contributed by atoms with van der Waals surface area (Å²) in [6, 6.07) is 15.8. The molecule has 1 fully saturated rings. The number of carbonyl (C=O) groups excluding carboxylic acids is 2. The van der Waals surface area contributed by atoms with Crippen LogP contribution in [0.4, 0.5) is 5.69 Å². The van der Waals surface area contributed by atoms with E-state index < -0.39 is 23.5 Å². The quantitative estimate of drug-likeness (QED) is 0.186. The van der Waals surface area contributed by atoms with E-state index in [1.54, 1.807) is 48.5 Å². The summed E-state index contributed by atoms with van der Waals surface area (Å²) >= 11 is 12.6. The van der Waals surface area contributed by atoms with E-state index in [0.29, 0.717) is 29.4 Å². The number of carbonyl (C=O) groups is 2. The molecule has 1 atom stereocenters. The Kier molecular flexibility index (Phi) is 8.19. The lowest BCUT2D eigenvalue weighted by Crippen LogP contribution is -2.29. The second kappa shape index (κ2) is 11.4. The molecule has 1 N–H and O–H groups in total. The summed E-state index contributed by atoms with van der Waals surface area (Å²) in [6.45, 7) is 6.15. The summed E-state index contributed by atoms with van der Waals surface area (Å²) in [5.74, 6) is -0.635. The normalized spacial score (nSPS) is 16.7. The summed E-state index contributed by atoms with van der Waals surface area (Å²) in [7, 11) is 1.42. The number of halogens is 2. The fourth-order valence-corrected chi connectivity index (χ4v) is 5.00. The van der Waals surface area contributed by atoms with Gasteiger partial charge in [0.15, 0.2) is 5.75 Å². The summed E-state index contributed by atoms with van der Waals surface area (Å²) in [5, 5.41) is 11.7. The van der Waals surface area contributed by atoms with Gasteiger partial charge in [0, 0.05) is 11.3 Å². The Balaban J connectivity index is 1.92. The molecule has 9 heteroatoms. The van der Waals surface area contributed by atoms with E-state index in [9.17, 15) is 14.7 Å². The smallest absolute Gasteiger partial charge is 0.300 e. The van der Waals surface area contributed by atoms with Crippen LogP contribution in [-0.2, 0) is 9.59 Å². The highest BCUT2D eigenvalue weighted by Crippen LogP contribution is 2.44. The molecule has 1 aliphatic heterocycles. The van der Waals surface area contributed by atoms with Crippen molar-refractivity contribution in [1.82, 2.24) is 0 Å². The molecule has 3 aromatic carbocycles. The molecule has 0 radical (unpaired) electrons. The number of nitrogens with zero attached hydrogens (tertiary/aromatic N) is 1. The average molecular weight is 556 g/mol.